The van der Waals surface area contributed by atoms with E-state index in [2.05, 4.69) is 50.4 Å². The third-order valence-electron chi connectivity index (χ3n) is 4.04. The molecule has 0 aliphatic heterocycles. The van der Waals surface area contributed by atoms with Crippen LogP contribution < -0.4 is 0 Å². The molecule has 104 valence electrons. The van der Waals surface area contributed by atoms with E-state index in [9.17, 15) is 0 Å². The molecule has 0 aromatic carbocycles. The Labute approximate surface area is 113 Å². The Kier molecular flexibility index (Phi) is 6.45. The van der Waals surface area contributed by atoms with Crippen LogP contribution >= 0.6 is 0 Å². The Morgan fingerprint density at radius 1 is 1.00 bits per heavy atom. The van der Waals surface area contributed by atoms with E-state index < -0.39 is 0 Å². The van der Waals surface area contributed by atoms with E-state index in [0.29, 0.717) is 0 Å². The van der Waals surface area contributed by atoms with E-state index in [-0.39, 0.29) is 0 Å². The van der Waals surface area contributed by atoms with Crippen LogP contribution in [0.3, 0.4) is 0 Å². The fraction of sp³-hybridized carbons (Fsp3) is 0.812. The average molecular weight is 250 g/mol. The molecule has 0 spiro atoms. The Bertz CT molecular complexity index is 303. The number of aromatic nitrogens is 2. The van der Waals surface area contributed by atoms with Crippen LogP contribution in [0.1, 0.15) is 53.9 Å². The van der Waals surface area contributed by atoms with Gasteiger partial charge in [0.05, 0.1) is 6.33 Å². The summed E-state index contributed by atoms with van der Waals surface area (Å²) in [6.45, 7) is 12.9. The second-order valence-corrected chi connectivity index (χ2v) is 6.53. The Morgan fingerprint density at radius 3 is 2.28 bits per heavy atom. The van der Waals surface area contributed by atoms with Crippen LogP contribution in [0.25, 0.3) is 0 Å². The topological polar surface area (TPSA) is 17.8 Å². The van der Waals surface area contributed by atoms with Gasteiger partial charge in [0.25, 0.3) is 0 Å². The maximum atomic E-state index is 4.11. The predicted molar refractivity (Wildman–Crippen MR) is 78.4 cm³/mol. The molecule has 0 N–H and O–H groups in total. The van der Waals surface area contributed by atoms with Crippen molar-refractivity contribution in [2.75, 3.05) is 0 Å². The zero-order valence-electron chi connectivity index (χ0n) is 12.8. The molecule has 3 unspecified atom stereocenters. The van der Waals surface area contributed by atoms with Gasteiger partial charge in [0, 0.05) is 18.9 Å². The zero-order chi connectivity index (χ0) is 13.5. The SMILES string of the molecule is CC(C)CCC(C)CC(C)C(C)Cn1ccnc1. The van der Waals surface area contributed by atoms with Crippen molar-refractivity contribution in [2.45, 2.75) is 60.4 Å². The van der Waals surface area contributed by atoms with Gasteiger partial charge in [-0.05, 0) is 30.1 Å². The molecule has 3 atom stereocenters. The smallest absolute Gasteiger partial charge is 0.0945 e. The maximum absolute atomic E-state index is 4.11. The van der Waals surface area contributed by atoms with Crippen LogP contribution in [0.2, 0.25) is 0 Å². The summed E-state index contributed by atoms with van der Waals surface area (Å²) in [5.74, 6) is 3.20. The largest absolute Gasteiger partial charge is 0.337 e. The van der Waals surface area contributed by atoms with Gasteiger partial charge in [-0.15, -0.1) is 0 Å². The van der Waals surface area contributed by atoms with E-state index in [1.165, 1.54) is 19.3 Å². The second kappa shape index (κ2) is 7.60. The lowest BCUT2D eigenvalue weighted by atomic mass is 9.85. The van der Waals surface area contributed by atoms with Crippen molar-refractivity contribution in [3.8, 4) is 0 Å². The monoisotopic (exact) mass is 250 g/mol. The molecule has 0 aliphatic rings. The molecule has 1 aromatic heterocycles. The van der Waals surface area contributed by atoms with Crippen molar-refractivity contribution in [1.29, 1.82) is 0 Å². The van der Waals surface area contributed by atoms with Gasteiger partial charge in [0.1, 0.15) is 0 Å². The molecule has 0 bridgehead atoms. The normalized spacial score (nSPS) is 16.8. The molecular formula is C16H30N2. The third-order valence-corrected chi connectivity index (χ3v) is 4.04. The predicted octanol–water partition coefficient (Wildman–Crippen LogP) is 4.62. The summed E-state index contributed by atoms with van der Waals surface area (Å²) >= 11 is 0. The molecule has 0 fully saturated rings. The lowest BCUT2D eigenvalue weighted by Crippen LogP contribution is -2.17. The van der Waals surface area contributed by atoms with E-state index in [1.807, 2.05) is 12.5 Å². The Balaban J connectivity index is 2.28. The van der Waals surface area contributed by atoms with Gasteiger partial charge in [-0.25, -0.2) is 4.98 Å². The van der Waals surface area contributed by atoms with Crippen molar-refractivity contribution >= 4 is 0 Å². The van der Waals surface area contributed by atoms with Gasteiger partial charge in [-0.2, -0.15) is 0 Å². The molecule has 18 heavy (non-hydrogen) atoms. The maximum Gasteiger partial charge on any atom is 0.0945 e. The van der Waals surface area contributed by atoms with Crippen LogP contribution in [0, 0.1) is 23.7 Å². The molecule has 2 heteroatoms. The summed E-state index contributed by atoms with van der Waals surface area (Å²) in [5, 5.41) is 0. The minimum absolute atomic E-state index is 0.723. The van der Waals surface area contributed by atoms with Crippen molar-refractivity contribution in [2.24, 2.45) is 23.7 Å². The van der Waals surface area contributed by atoms with Crippen molar-refractivity contribution in [3.05, 3.63) is 18.7 Å². The summed E-state index contributed by atoms with van der Waals surface area (Å²) in [7, 11) is 0. The van der Waals surface area contributed by atoms with E-state index >= 15 is 0 Å². The van der Waals surface area contributed by atoms with Gasteiger partial charge in [-0.3, -0.25) is 0 Å². The first kappa shape index (κ1) is 15.3. The average Bonchev–Trinajstić information content (AvgIpc) is 2.79. The number of hydrogen-bond acceptors (Lipinski definition) is 1. The standard InChI is InChI=1S/C16H30N2/c1-13(2)6-7-14(3)10-15(4)16(5)11-18-9-8-17-12-18/h8-9,12-16H,6-7,10-11H2,1-5H3. The molecule has 1 aromatic rings. The first-order chi connectivity index (χ1) is 8.49. The molecule has 0 saturated heterocycles. The third kappa shape index (κ3) is 5.70. The minimum Gasteiger partial charge on any atom is -0.337 e. The molecule has 0 saturated carbocycles. The highest BCUT2D eigenvalue weighted by atomic mass is 15.0. The van der Waals surface area contributed by atoms with E-state index in [1.54, 1.807) is 0 Å². The minimum atomic E-state index is 0.723. The van der Waals surface area contributed by atoms with E-state index in [0.717, 1.165) is 30.2 Å². The highest BCUT2D eigenvalue weighted by molar-refractivity contribution is 4.76. The second-order valence-electron chi connectivity index (χ2n) is 6.53. The van der Waals surface area contributed by atoms with Crippen molar-refractivity contribution in [1.82, 2.24) is 9.55 Å². The van der Waals surface area contributed by atoms with Gasteiger partial charge >= 0.3 is 0 Å². The van der Waals surface area contributed by atoms with Gasteiger partial charge in [0.2, 0.25) is 0 Å². The van der Waals surface area contributed by atoms with Gasteiger partial charge in [-0.1, -0.05) is 47.5 Å². The van der Waals surface area contributed by atoms with Crippen LogP contribution in [0.4, 0.5) is 0 Å². The molecule has 0 radical (unpaired) electrons. The summed E-state index contributed by atoms with van der Waals surface area (Å²) in [6, 6.07) is 0. The summed E-state index contributed by atoms with van der Waals surface area (Å²) in [4.78, 5) is 4.11. The zero-order valence-corrected chi connectivity index (χ0v) is 12.8. The number of nitrogens with zero attached hydrogens (tertiary/aromatic N) is 2. The molecular weight excluding hydrogens is 220 g/mol. The van der Waals surface area contributed by atoms with Crippen LogP contribution in [0.5, 0.6) is 0 Å². The first-order valence-electron chi connectivity index (χ1n) is 7.44. The molecule has 1 rings (SSSR count). The quantitative estimate of drug-likeness (QED) is 0.658. The molecule has 0 amide bonds. The number of hydrogen-bond donors (Lipinski definition) is 0. The fourth-order valence-electron chi connectivity index (χ4n) is 2.51. The van der Waals surface area contributed by atoms with E-state index in [4.69, 9.17) is 0 Å². The lowest BCUT2D eigenvalue weighted by Gasteiger charge is -2.24. The first-order valence-corrected chi connectivity index (χ1v) is 7.44. The van der Waals surface area contributed by atoms with Gasteiger partial charge in [0.15, 0.2) is 0 Å². The van der Waals surface area contributed by atoms with Crippen LogP contribution in [0.15, 0.2) is 18.7 Å². The highest BCUT2D eigenvalue weighted by Gasteiger charge is 2.16. The summed E-state index contributed by atoms with van der Waals surface area (Å²) in [6.07, 6.45) is 9.94. The Morgan fingerprint density at radius 2 is 1.72 bits per heavy atom. The lowest BCUT2D eigenvalue weighted by molar-refractivity contribution is 0.272. The molecule has 1 heterocycles. The fourth-order valence-corrected chi connectivity index (χ4v) is 2.51. The van der Waals surface area contributed by atoms with Crippen molar-refractivity contribution in [3.63, 3.8) is 0 Å². The van der Waals surface area contributed by atoms with Crippen LogP contribution in [-0.2, 0) is 6.54 Å². The summed E-state index contributed by atoms with van der Waals surface area (Å²) < 4.78 is 2.19. The highest BCUT2D eigenvalue weighted by Crippen LogP contribution is 2.25. The molecule has 2 nitrogen and oxygen atoms in total. The number of rotatable bonds is 8. The Hall–Kier alpha value is -0.790. The number of imidazole rings is 1. The van der Waals surface area contributed by atoms with Gasteiger partial charge < -0.3 is 4.57 Å². The van der Waals surface area contributed by atoms with Crippen LogP contribution in [-0.4, -0.2) is 9.55 Å². The van der Waals surface area contributed by atoms with Crippen molar-refractivity contribution < 1.29 is 0 Å². The summed E-state index contributed by atoms with van der Waals surface area (Å²) in [5.41, 5.74) is 0. The molecule has 0 aliphatic carbocycles.